The fourth-order valence-electron chi connectivity index (χ4n) is 1.17. The molecule has 86 valence electrons. The molecule has 2 aromatic rings. The highest BCUT2D eigenvalue weighted by Crippen LogP contribution is 2.22. The third kappa shape index (κ3) is 3.12. The third-order valence-corrected chi connectivity index (χ3v) is 2.33. The molecule has 6 heteroatoms. The van der Waals surface area contributed by atoms with Crippen LogP contribution in [0.4, 0.5) is 0 Å². The van der Waals surface area contributed by atoms with Gasteiger partial charge in [-0.3, -0.25) is 4.98 Å². The van der Waals surface area contributed by atoms with Crippen molar-refractivity contribution in [3.8, 4) is 11.6 Å². The minimum absolute atomic E-state index is 0.175. The number of nitrogens with two attached hydrogens (primary N) is 1. The van der Waals surface area contributed by atoms with Crippen molar-refractivity contribution in [3.05, 3.63) is 47.4 Å². The number of rotatable bonds is 3. The first-order chi connectivity index (χ1) is 8.15. The van der Waals surface area contributed by atoms with E-state index in [1.807, 2.05) is 0 Å². The molecule has 0 fully saturated rings. The smallest absolute Gasteiger partial charge is 0.238 e. The molecule has 0 aliphatic heterocycles. The van der Waals surface area contributed by atoms with E-state index >= 15 is 0 Å². The predicted octanol–water partition coefficient (Wildman–Crippen LogP) is 2.56. The Kier molecular flexibility index (Phi) is 3.51. The van der Waals surface area contributed by atoms with Crippen molar-refractivity contribution in [1.82, 2.24) is 9.97 Å². The molecular weight excluding hydrogens is 258 g/mol. The van der Waals surface area contributed by atoms with Gasteiger partial charge < -0.3 is 10.5 Å². The number of benzene rings is 1. The zero-order valence-corrected chi connectivity index (χ0v) is 10.2. The molecular formula is C11H8ClN3OS. The second-order valence-corrected chi connectivity index (χ2v) is 4.04. The van der Waals surface area contributed by atoms with E-state index < -0.39 is 0 Å². The van der Waals surface area contributed by atoms with Crippen LogP contribution in [0.5, 0.6) is 11.6 Å². The van der Waals surface area contributed by atoms with Crippen LogP contribution in [0.25, 0.3) is 0 Å². The Bertz CT molecular complexity index is 562. The number of hydrogen-bond acceptors (Lipinski definition) is 4. The second kappa shape index (κ2) is 5.07. The Balaban J connectivity index is 2.24. The van der Waals surface area contributed by atoms with Crippen molar-refractivity contribution in [2.75, 3.05) is 0 Å². The topological polar surface area (TPSA) is 61.0 Å². The van der Waals surface area contributed by atoms with Gasteiger partial charge in [0.15, 0.2) is 0 Å². The van der Waals surface area contributed by atoms with E-state index in [9.17, 15) is 0 Å². The van der Waals surface area contributed by atoms with Gasteiger partial charge in [-0.1, -0.05) is 29.9 Å². The number of nitrogens with zero attached hydrogens (tertiary/aromatic N) is 2. The lowest BCUT2D eigenvalue weighted by atomic mass is 10.3. The summed E-state index contributed by atoms with van der Waals surface area (Å²) >= 11 is 10.6. The van der Waals surface area contributed by atoms with Gasteiger partial charge in [0.05, 0.1) is 12.4 Å². The van der Waals surface area contributed by atoms with Crippen LogP contribution in [0.3, 0.4) is 0 Å². The lowest BCUT2D eigenvalue weighted by molar-refractivity contribution is 0.460. The minimum atomic E-state index is 0.175. The van der Waals surface area contributed by atoms with Crippen molar-refractivity contribution >= 4 is 28.8 Å². The predicted molar refractivity (Wildman–Crippen MR) is 69.4 cm³/mol. The molecule has 0 saturated heterocycles. The van der Waals surface area contributed by atoms with Crippen molar-refractivity contribution in [2.45, 2.75) is 0 Å². The highest BCUT2D eigenvalue weighted by molar-refractivity contribution is 7.80. The molecule has 0 saturated carbocycles. The summed E-state index contributed by atoms with van der Waals surface area (Å²) in [6, 6.07) is 6.98. The summed E-state index contributed by atoms with van der Waals surface area (Å²) in [5.41, 5.74) is 5.87. The van der Waals surface area contributed by atoms with E-state index in [-0.39, 0.29) is 4.99 Å². The standard InChI is InChI=1S/C11H8ClN3OS/c12-7-2-1-3-8(4-7)16-10-6-14-5-9(15-10)11(13)17/h1-6H,(H2,13,17). The zero-order chi connectivity index (χ0) is 12.3. The maximum absolute atomic E-state index is 5.84. The van der Waals surface area contributed by atoms with Gasteiger partial charge in [0, 0.05) is 5.02 Å². The Hall–Kier alpha value is -1.72. The number of hydrogen-bond donors (Lipinski definition) is 1. The normalized spacial score (nSPS) is 9.94. The molecule has 17 heavy (non-hydrogen) atoms. The molecule has 1 heterocycles. The Morgan fingerprint density at radius 3 is 2.88 bits per heavy atom. The molecule has 2 rings (SSSR count). The average molecular weight is 266 g/mol. The zero-order valence-electron chi connectivity index (χ0n) is 8.63. The summed E-state index contributed by atoms with van der Waals surface area (Å²) in [5, 5.41) is 0.584. The van der Waals surface area contributed by atoms with E-state index in [1.54, 1.807) is 24.3 Å². The van der Waals surface area contributed by atoms with E-state index in [4.69, 9.17) is 34.3 Å². The number of ether oxygens (including phenoxy) is 1. The molecule has 4 nitrogen and oxygen atoms in total. The maximum atomic E-state index is 5.84. The van der Waals surface area contributed by atoms with Crippen molar-refractivity contribution in [1.29, 1.82) is 0 Å². The van der Waals surface area contributed by atoms with Crippen LogP contribution in [0.15, 0.2) is 36.7 Å². The Labute approximate surface area is 108 Å². The summed E-state index contributed by atoms with van der Waals surface area (Å²) in [7, 11) is 0. The molecule has 1 aromatic carbocycles. The molecule has 0 amide bonds. The van der Waals surface area contributed by atoms with Crippen LogP contribution in [0, 0.1) is 0 Å². The fraction of sp³-hybridized carbons (Fsp3) is 0. The van der Waals surface area contributed by atoms with Crippen molar-refractivity contribution in [2.24, 2.45) is 5.73 Å². The largest absolute Gasteiger partial charge is 0.437 e. The summed E-state index contributed by atoms with van der Waals surface area (Å²) < 4.78 is 5.48. The van der Waals surface area contributed by atoms with E-state index in [2.05, 4.69) is 9.97 Å². The SMILES string of the molecule is NC(=S)c1cncc(Oc2cccc(Cl)c2)n1. The lowest BCUT2D eigenvalue weighted by Crippen LogP contribution is -2.12. The monoisotopic (exact) mass is 265 g/mol. The fourth-order valence-corrected chi connectivity index (χ4v) is 1.45. The maximum Gasteiger partial charge on any atom is 0.238 e. The summed E-state index contributed by atoms with van der Waals surface area (Å²) in [6.07, 6.45) is 2.95. The van der Waals surface area contributed by atoms with Crippen molar-refractivity contribution in [3.63, 3.8) is 0 Å². The Morgan fingerprint density at radius 1 is 1.35 bits per heavy atom. The quantitative estimate of drug-likeness (QED) is 0.865. The first-order valence-electron chi connectivity index (χ1n) is 4.70. The molecule has 0 bridgehead atoms. The molecule has 0 radical (unpaired) electrons. The van der Waals surface area contributed by atoms with Gasteiger partial charge in [-0.15, -0.1) is 0 Å². The van der Waals surface area contributed by atoms with Crippen LogP contribution in [0.1, 0.15) is 5.69 Å². The van der Waals surface area contributed by atoms with Gasteiger partial charge in [0.2, 0.25) is 5.88 Å². The van der Waals surface area contributed by atoms with Crippen LogP contribution < -0.4 is 10.5 Å². The Morgan fingerprint density at radius 2 is 2.18 bits per heavy atom. The molecule has 0 spiro atoms. The van der Waals surface area contributed by atoms with Gasteiger partial charge in [0.1, 0.15) is 16.4 Å². The highest BCUT2D eigenvalue weighted by Gasteiger charge is 2.03. The van der Waals surface area contributed by atoms with Crippen LogP contribution >= 0.6 is 23.8 Å². The number of halogens is 1. The van der Waals surface area contributed by atoms with E-state index in [0.29, 0.717) is 22.3 Å². The first kappa shape index (κ1) is 11.8. The van der Waals surface area contributed by atoms with Crippen molar-refractivity contribution < 1.29 is 4.74 Å². The molecule has 0 atom stereocenters. The van der Waals surface area contributed by atoms with Crippen LogP contribution in [-0.2, 0) is 0 Å². The first-order valence-corrected chi connectivity index (χ1v) is 5.49. The summed E-state index contributed by atoms with van der Waals surface area (Å²) in [6.45, 7) is 0. The summed E-state index contributed by atoms with van der Waals surface area (Å²) in [5.74, 6) is 0.893. The molecule has 0 aliphatic carbocycles. The average Bonchev–Trinajstić information content (AvgIpc) is 2.29. The molecule has 2 N–H and O–H groups in total. The number of aromatic nitrogens is 2. The van der Waals surface area contributed by atoms with Gasteiger partial charge in [-0.05, 0) is 18.2 Å². The molecule has 0 unspecified atom stereocenters. The van der Waals surface area contributed by atoms with Crippen LogP contribution in [0.2, 0.25) is 5.02 Å². The number of thiocarbonyl (C=S) groups is 1. The van der Waals surface area contributed by atoms with E-state index in [1.165, 1.54) is 12.4 Å². The molecule has 0 aliphatic rings. The summed E-state index contributed by atoms with van der Waals surface area (Å²) in [4.78, 5) is 8.21. The lowest BCUT2D eigenvalue weighted by Gasteiger charge is -2.05. The van der Waals surface area contributed by atoms with Gasteiger partial charge in [0.25, 0.3) is 0 Å². The van der Waals surface area contributed by atoms with E-state index in [0.717, 1.165) is 0 Å². The minimum Gasteiger partial charge on any atom is -0.437 e. The third-order valence-electron chi connectivity index (χ3n) is 1.88. The van der Waals surface area contributed by atoms with Gasteiger partial charge in [-0.25, -0.2) is 4.98 Å². The van der Waals surface area contributed by atoms with Gasteiger partial charge in [-0.2, -0.15) is 0 Å². The second-order valence-electron chi connectivity index (χ2n) is 3.17. The van der Waals surface area contributed by atoms with Gasteiger partial charge >= 0.3 is 0 Å². The van der Waals surface area contributed by atoms with Crippen LogP contribution in [-0.4, -0.2) is 15.0 Å². The molecule has 1 aromatic heterocycles. The highest BCUT2D eigenvalue weighted by atomic mass is 35.5.